The van der Waals surface area contributed by atoms with E-state index in [2.05, 4.69) is 22.1 Å². The van der Waals surface area contributed by atoms with Gasteiger partial charge >= 0.3 is 0 Å². The summed E-state index contributed by atoms with van der Waals surface area (Å²) >= 11 is 0. The Balaban J connectivity index is 1.46. The second-order valence-corrected chi connectivity index (χ2v) is 7.74. The molecule has 0 aliphatic carbocycles. The zero-order chi connectivity index (χ0) is 20.7. The molecule has 152 valence electrons. The molecule has 0 N–H and O–H groups in total. The molecule has 30 heavy (non-hydrogen) atoms. The molecular formula is C23H22N4O3. The van der Waals surface area contributed by atoms with E-state index < -0.39 is 0 Å². The fourth-order valence-corrected chi connectivity index (χ4v) is 3.66. The Labute approximate surface area is 173 Å². The number of aromatic nitrogens is 2. The molecule has 0 spiro atoms. The smallest absolute Gasteiger partial charge is 0.253 e. The molecule has 3 heterocycles. The van der Waals surface area contributed by atoms with Crippen LogP contribution < -0.4 is 0 Å². The molecule has 2 aromatic heterocycles. The number of likely N-dealkylation sites (N-methyl/N-ethyl adjacent to an activating group) is 1. The molecule has 7 heteroatoms. The van der Waals surface area contributed by atoms with Gasteiger partial charge < -0.3 is 18.7 Å². The number of oxazole rings is 1. The minimum atomic E-state index is 0.0256. The van der Waals surface area contributed by atoms with E-state index in [1.165, 1.54) is 5.56 Å². The minimum Gasteiger partial charge on any atom is -0.444 e. The number of aryl methyl sites for hydroxylation is 1. The molecule has 5 rings (SSSR count). The fraction of sp³-hybridized carbons (Fsp3) is 0.261. The average molecular weight is 402 g/mol. The van der Waals surface area contributed by atoms with Crippen LogP contribution in [-0.2, 0) is 0 Å². The average Bonchev–Trinajstić information content (AvgIpc) is 3.41. The summed E-state index contributed by atoms with van der Waals surface area (Å²) < 4.78 is 11.1. The Hall–Kier alpha value is -3.45. The number of hydrogen-bond acceptors (Lipinski definition) is 6. The lowest BCUT2D eigenvalue weighted by molar-refractivity contribution is 0.0664. The third-order valence-corrected chi connectivity index (χ3v) is 5.55. The molecular weight excluding hydrogens is 380 g/mol. The number of fused-ring (bicyclic) bond motifs is 1. The van der Waals surface area contributed by atoms with E-state index in [1.807, 2.05) is 42.2 Å². The number of carbonyl (C=O) groups is 1. The van der Waals surface area contributed by atoms with E-state index in [-0.39, 0.29) is 5.91 Å². The van der Waals surface area contributed by atoms with E-state index in [0.717, 1.165) is 37.1 Å². The van der Waals surface area contributed by atoms with Gasteiger partial charge in [-0.05, 0) is 44.3 Å². The summed E-state index contributed by atoms with van der Waals surface area (Å²) in [5.74, 6) is 0.545. The molecule has 0 atom stereocenters. The van der Waals surface area contributed by atoms with E-state index in [9.17, 15) is 4.79 Å². The first kappa shape index (κ1) is 18.6. The van der Waals surface area contributed by atoms with E-state index >= 15 is 0 Å². The standard InChI is InChI=1S/C23H22N4O3/c1-15-3-5-16(6-4-15)22-24-19(14-29-22)21-18-13-17(7-8-20(18)30-25-21)23(28)27-11-9-26(2)10-12-27/h3-8,13-14H,9-12H2,1-2H3. The SMILES string of the molecule is Cc1ccc(-c2nc(-c3noc4ccc(C(=O)N5CCN(C)CC5)cc34)co2)cc1. The molecule has 1 fully saturated rings. The lowest BCUT2D eigenvalue weighted by atomic mass is 10.1. The van der Waals surface area contributed by atoms with Crippen molar-refractivity contribution < 1.29 is 13.7 Å². The third-order valence-electron chi connectivity index (χ3n) is 5.55. The highest BCUT2D eigenvalue weighted by Gasteiger charge is 2.22. The lowest BCUT2D eigenvalue weighted by Gasteiger charge is -2.32. The second-order valence-electron chi connectivity index (χ2n) is 7.74. The Morgan fingerprint density at radius 1 is 1.03 bits per heavy atom. The summed E-state index contributed by atoms with van der Waals surface area (Å²) in [6.45, 7) is 5.26. The van der Waals surface area contributed by atoms with E-state index in [4.69, 9.17) is 8.94 Å². The molecule has 1 amide bonds. The summed E-state index contributed by atoms with van der Waals surface area (Å²) in [5.41, 5.74) is 4.45. The van der Waals surface area contributed by atoms with Crippen molar-refractivity contribution in [1.82, 2.24) is 19.9 Å². The number of hydrogen-bond donors (Lipinski definition) is 0. The van der Waals surface area contributed by atoms with Gasteiger partial charge in [0.25, 0.3) is 5.91 Å². The highest BCUT2D eigenvalue weighted by molar-refractivity contribution is 6.00. The van der Waals surface area contributed by atoms with Crippen LogP contribution in [0.15, 0.2) is 57.7 Å². The maximum Gasteiger partial charge on any atom is 0.253 e. The molecule has 0 radical (unpaired) electrons. The largest absolute Gasteiger partial charge is 0.444 e. The van der Waals surface area contributed by atoms with Crippen molar-refractivity contribution in [3.8, 4) is 22.8 Å². The van der Waals surface area contributed by atoms with Crippen LogP contribution in [0.1, 0.15) is 15.9 Å². The van der Waals surface area contributed by atoms with Crippen molar-refractivity contribution in [2.75, 3.05) is 33.2 Å². The summed E-state index contributed by atoms with van der Waals surface area (Å²) in [6, 6.07) is 13.4. The topological polar surface area (TPSA) is 75.6 Å². The molecule has 2 aromatic carbocycles. The van der Waals surface area contributed by atoms with Gasteiger partial charge in [0.05, 0.1) is 5.39 Å². The number of amides is 1. The van der Waals surface area contributed by atoms with Gasteiger partial charge in [-0.1, -0.05) is 22.9 Å². The van der Waals surface area contributed by atoms with Gasteiger partial charge in [0.15, 0.2) is 5.58 Å². The van der Waals surface area contributed by atoms with Crippen LogP contribution in [0.25, 0.3) is 33.8 Å². The van der Waals surface area contributed by atoms with Crippen molar-refractivity contribution in [3.63, 3.8) is 0 Å². The van der Waals surface area contributed by atoms with Gasteiger partial charge in [0.1, 0.15) is 17.7 Å². The number of carbonyl (C=O) groups excluding carboxylic acids is 1. The van der Waals surface area contributed by atoms with E-state index in [1.54, 1.807) is 18.4 Å². The number of benzene rings is 2. The highest BCUT2D eigenvalue weighted by atomic mass is 16.5. The Morgan fingerprint density at radius 2 is 1.80 bits per heavy atom. The summed E-state index contributed by atoms with van der Waals surface area (Å²) in [4.78, 5) is 21.7. The first-order valence-corrected chi connectivity index (χ1v) is 9.99. The molecule has 4 aromatic rings. The number of piperazine rings is 1. The molecule has 1 aliphatic rings. The van der Waals surface area contributed by atoms with Crippen molar-refractivity contribution in [3.05, 3.63) is 59.9 Å². The Bertz CT molecular complexity index is 1200. The van der Waals surface area contributed by atoms with Gasteiger partial charge in [-0.2, -0.15) is 0 Å². The fourth-order valence-electron chi connectivity index (χ4n) is 3.66. The van der Waals surface area contributed by atoms with Crippen molar-refractivity contribution in [2.45, 2.75) is 6.92 Å². The predicted molar refractivity (Wildman–Crippen MR) is 113 cm³/mol. The zero-order valence-electron chi connectivity index (χ0n) is 17.0. The maximum absolute atomic E-state index is 13.0. The van der Waals surface area contributed by atoms with Crippen LogP contribution in [0.4, 0.5) is 0 Å². The first-order chi connectivity index (χ1) is 14.6. The Morgan fingerprint density at radius 3 is 2.57 bits per heavy atom. The van der Waals surface area contributed by atoms with Crippen LogP contribution in [0, 0.1) is 6.92 Å². The maximum atomic E-state index is 13.0. The highest BCUT2D eigenvalue weighted by Crippen LogP contribution is 2.30. The number of rotatable bonds is 3. The van der Waals surface area contributed by atoms with Gasteiger partial charge in [-0.3, -0.25) is 4.79 Å². The third kappa shape index (κ3) is 3.37. The lowest BCUT2D eigenvalue weighted by Crippen LogP contribution is -2.47. The van der Waals surface area contributed by atoms with Gasteiger partial charge in [0.2, 0.25) is 5.89 Å². The molecule has 7 nitrogen and oxygen atoms in total. The summed E-state index contributed by atoms with van der Waals surface area (Å²) in [5, 5.41) is 4.93. The summed E-state index contributed by atoms with van der Waals surface area (Å²) in [7, 11) is 2.07. The zero-order valence-corrected chi connectivity index (χ0v) is 17.0. The molecule has 0 bridgehead atoms. The van der Waals surface area contributed by atoms with Crippen LogP contribution in [0.5, 0.6) is 0 Å². The molecule has 1 aliphatic heterocycles. The van der Waals surface area contributed by atoms with Crippen LogP contribution >= 0.6 is 0 Å². The Kier molecular flexibility index (Phi) is 4.59. The first-order valence-electron chi connectivity index (χ1n) is 9.99. The van der Waals surface area contributed by atoms with Crippen LogP contribution in [-0.4, -0.2) is 59.1 Å². The summed E-state index contributed by atoms with van der Waals surface area (Å²) in [6.07, 6.45) is 1.57. The van der Waals surface area contributed by atoms with Gasteiger partial charge in [-0.15, -0.1) is 0 Å². The minimum absolute atomic E-state index is 0.0256. The predicted octanol–water partition coefficient (Wildman–Crippen LogP) is 3.85. The van der Waals surface area contributed by atoms with Crippen LogP contribution in [0.2, 0.25) is 0 Å². The molecule has 0 unspecified atom stereocenters. The van der Waals surface area contributed by atoms with Crippen molar-refractivity contribution in [1.29, 1.82) is 0 Å². The molecule has 0 saturated carbocycles. The quantitative estimate of drug-likeness (QED) is 0.518. The monoisotopic (exact) mass is 402 g/mol. The van der Waals surface area contributed by atoms with Crippen molar-refractivity contribution >= 4 is 16.9 Å². The normalized spacial score (nSPS) is 15.1. The van der Waals surface area contributed by atoms with Crippen molar-refractivity contribution in [2.24, 2.45) is 0 Å². The van der Waals surface area contributed by atoms with Crippen LogP contribution in [0.3, 0.4) is 0 Å². The number of nitrogens with zero attached hydrogens (tertiary/aromatic N) is 4. The molecule has 1 saturated heterocycles. The van der Waals surface area contributed by atoms with E-state index in [0.29, 0.717) is 28.4 Å². The second kappa shape index (κ2) is 7.42. The van der Waals surface area contributed by atoms with Gasteiger partial charge in [0, 0.05) is 37.3 Å². The van der Waals surface area contributed by atoms with Gasteiger partial charge in [-0.25, -0.2) is 4.98 Å².